The van der Waals surface area contributed by atoms with Crippen LogP contribution in [0.15, 0.2) is 17.0 Å². The maximum Gasteiger partial charge on any atom is 0.458 e. The first kappa shape index (κ1) is 21.3. The van der Waals surface area contributed by atoms with Gasteiger partial charge in [0.15, 0.2) is 9.84 Å². The molecule has 0 aliphatic carbocycles. The summed E-state index contributed by atoms with van der Waals surface area (Å²) < 4.78 is 91.5. The third-order valence-corrected chi connectivity index (χ3v) is 6.36. The Bertz CT molecular complexity index is 769. The summed E-state index contributed by atoms with van der Waals surface area (Å²) >= 11 is 0. The van der Waals surface area contributed by atoms with E-state index >= 15 is 0 Å². The molecule has 4 nitrogen and oxygen atoms in total. The van der Waals surface area contributed by atoms with Crippen LogP contribution in [-0.2, 0) is 22.2 Å². The molecule has 0 aromatic heterocycles. The van der Waals surface area contributed by atoms with Crippen LogP contribution in [0.1, 0.15) is 48.7 Å². The predicted molar refractivity (Wildman–Crippen MR) is 79.7 cm³/mol. The third-order valence-electron chi connectivity index (χ3n) is 3.93. The molecule has 1 atom stereocenters. The fourth-order valence-corrected chi connectivity index (χ4v) is 4.27. The van der Waals surface area contributed by atoms with Gasteiger partial charge >= 0.3 is 18.1 Å². The van der Waals surface area contributed by atoms with Crippen molar-refractivity contribution in [3.05, 3.63) is 28.8 Å². The highest BCUT2D eigenvalue weighted by Gasteiger charge is 2.60. The molecule has 142 valence electrons. The van der Waals surface area contributed by atoms with Crippen LogP contribution >= 0.6 is 0 Å². The van der Waals surface area contributed by atoms with Gasteiger partial charge in [-0.05, 0) is 31.4 Å². The molecule has 0 saturated carbocycles. The van der Waals surface area contributed by atoms with E-state index in [-0.39, 0.29) is 18.9 Å². The van der Waals surface area contributed by atoms with E-state index in [4.69, 9.17) is 5.11 Å². The van der Waals surface area contributed by atoms with Crippen LogP contribution < -0.4 is 0 Å². The van der Waals surface area contributed by atoms with Crippen molar-refractivity contribution in [2.24, 2.45) is 0 Å². The molecule has 1 N–H and O–H groups in total. The van der Waals surface area contributed by atoms with E-state index in [9.17, 15) is 35.2 Å². The number of sulfone groups is 1. The number of carboxylic acid groups (broad SMARTS) is 1. The number of carboxylic acids is 1. The van der Waals surface area contributed by atoms with Crippen molar-refractivity contribution in [2.75, 3.05) is 0 Å². The van der Waals surface area contributed by atoms with Gasteiger partial charge in [0.1, 0.15) is 0 Å². The largest absolute Gasteiger partial charge is 0.478 e. The number of alkyl halides is 5. The Balaban J connectivity index is 4.04. The number of aromatic carboxylic acids is 1. The Kier molecular flexibility index (Phi) is 5.88. The molecule has 1 aromatic carbocycles. The zero-order valence-corrected chi connectivity index (χ0v) is 14.4. The van der Waals surface area contributed by atoms with E-state index in [1.54, 1.807) is 0 Å². The van der Waals surface area contributed by atoms with Gasteiger partial charge in [-0.15, -0.1) is 0 Å². The molecule has 25 heavy (non-hydrogen) atoms. The number of benzene rings is 1. The van der Waals surface area contributed by atoms with E-state index in [0.29, 0.717) is 6.07 Å². The molecular weight excluding hydrogens is 371 g/mol. The van der Waals surface area contributed by atoms with Gasteiger partial charge < -0.3 is 5.11 Å². The van der Waals surface area contributed by atoms with Crippen LogP contribution in [0.3, 0.4) is 0 Å². The van der Waals surface area contributed by atoms with Gasteiger partial charge in [0, 0.05) is 5.56 Å². The average molecular weight is 388 g/mol. The molecule has 0 saturated heterocycles. The summed E-state index contributed by atoms with van der Waals surface area (Å²) in [5.41, 5.74) is -2.93. The number of halogens is 5. The second kappa shape index (κ2) is 6.89. The zero-order chi connectivity index (χ0) is 19.8. The highest BCUT2D eigenvalue weighted by Crippen LogP contribution is 2.47. The number of rotatable bonds is 6. The van der Waals surface area contributed by atoms with Gasteiger partial charge in [-0.3, -0.25) is 0 Å². The maximum absolute atomic E-state index is 13.9. The van der Waals surface area contributed by atoms with Crippen molar-refractivity contribution >= 4 is 15.8 Å². The fraction of sp³-hybridized carbons (Fsp3) is 0.533. The SMILES string of the molecule is CCc1c(C(=O)O)ccc(C(F)(F)C(F)(F)F)c1S(=O)(=O)[C@H](C)CC. The highest BCUT2D eigenvalue weighted by atomic mass is 32.2. The lowest BCUT2D eigenvalue weighted by Crippen LogP contribution is -2.36. The van der Waals surface area contributed by atoms with Crippen molar-refractivity contribution in [2.45, 2.75) is 55.9 Å². The number of hydrogen-bond donors (Lipinski definition) is 1. The zero-order valence-electron chi connectivity index (χ0n) is 13.6. The smallest absolute Gasteiger partial charge is 0.458 e. The van der Waals surface area contributed by atoms with Crippen molar-refractivity contribution in [1.82, 2.24) is 0 Å². The summed E-state index contributed by atoms with van der Waals surface area (Å²) in [5, 5.41) is 7.87. The molecule has 0 unspecified atom stereocenters. The Labute approximate surface area is 141 Å². The fourth-order valence-electron chi connectivity index (χ4n) is 2.32. The van der Waals surface area contributed by atoms with Gasteiger partial charge in [-0.1, -0.05) is 19.9 Å². The van der Waals surface area contributed by atoms with Gasteiger partial charge in [0.25, 0.3) is 0 Å². The van der Waals surface area contributed by atoms with Crippen LogP contribution in [0.25, 0.3) is 0 Å². The summed E-state index contributed by atoms with van der Waals surface area (Å²) in [5.74, 6) is -7.05. The summed E-state index contributed by atoms with van der Waals surface area (Å²) in [6.45, 7) is 3.88. The van der Waals surface area contributed by atoms with Crippen molar-refractivity contribution in [3.8, 4) is 0 Å². The topological polar surface area (TPSA) is 71.4 Å². The van der Waals surface area contributed by atoms with E-state index < -0.39 is 54.7 Å². The van der Waals surface area contributed by atoms with Crippen molar-refractivity contribution < 1.29 is 40.3 Å². The molecule has 0 radical (unpaired) electrons. The molecule has 0 aliphatic heterocycles. The molecule has 10 heteroatoms. The Morgan fingerprint density at radius 3 is 2.04 bits per heavy atom. The molecule has 1 aromatic rings. The summed E-state index contributed by atoms with van der Waals surface area (Å²) in [4.78, 5) is 10.0. The summed E-state index contributed by atoms with van der Waals surface area (Å²) in [6, 6.07) is 0.803. The first-order chi connectivity index (χ1) is 11.2. The molecule has 1 rings (SSSR count). The minimum Gasteiger partial charge on any atom is -0.478 e. The Hall–Kier alpha value is -1.71. The van der Waals surface area contributed by atoms with Gasteiger partial charge in [-0.25, -0.2) is 13.2 Å². The maximum atomic E-state index is 13.9. The second-order valence-corrected chi connectivity index (χ2v) is 7.77. The summed E-state index contributed by atoms with van der Waals surface area (Å²) in [6.07, 6.45) is -6.41. The normalized spacial score (nSPS) is 14.4. The van der Waals surface area contributed by atoms with Crippen LogP contribution in [0, 0.1) is 0 Å². The van der Waals surface area contributed by atoms with Crippen LogP contribution in [0.4, 0.5) is 22.0 Å². The third kappa shape index (κ3) is 3.63. The van der Waals surface area contributed by atoms with Crippen molar-refractivity contribution in [1.29, 1.82) is 0 Å². The highest BCUT2D eigenvalue weighted by molar-refractivity contribution is 7.92. The second-order valence-electron chi connectivity index (χ2n) is 5.46. The first-order valence-corrected chi connectivity index (χ1v) is 8.86. The molecule has 0 spiro atoms. The minimum absolute atomic E-state index is 0.0418. The standard InChI is InChI=1S/C15H17F5O4S/c1-4-8(3)25(23,24)12-9(5-2)10(13(21)22)6-7-11(12)14(16,17)15(18,19)20/h6-8H,4-5H2,1-3H3,(H,21,22)/t8-/m1/s1. The quantitative estimate of drug-likeness (QED) is 0.743. The van der Waals surface area contributed by atoms with Gasteiger partial charge in [-0.2, -0.15) is 22.0 Å². The molecule has 0 bridgehead atoms. The monoisotopic (exact) mass is 388 g/mol. The van der Waals surface area contributed by atoms with E-state index in [1.165, 1.54) is 13.8 Å². The van der Waals surface area contributed by atoms with Gasteiger partial charge in [0.05, 0.1) is 15.7 Å². The number of hydrogen-bond acceptors (Lipinski definition) is 3. The van der Waals surface area contributed by atoms with E-state index in [0.717, 1.165) is 6.92 Å². The molecule has 0 aliphatic rings. The average Bonchev–Trinajstić information content (AvgIpc) is 2.50. The predicted octanol–water partition coefficient (Wildman–Crippen LogP) is 4.17. The van der Waals surface area contributed by atoms with E-state index in [2.05, 4.69) is 0 Å². The minimum atomic E-state index is -6.03. The lowest BCUT2D eigenvalue weighted by Gasteiger charge is -2.26. The van der Waals surface area contributed by atoms with Crippen LogP contribution in [0.2, 0.25) is 0 Å². The molecule has 0 heterocycles. The lowest BCUT2D eigenvalue weighted by atomic mass is 9.98. The Morgan fingerprint density at radius 1 is 1.16 bits per heavy atom. The first-order valence-electron chi connectivity index (χ1n) is 7.31. The van der Waals surface area contributed by atoms with Crippen LogP contribution in [0.5, 0.6) is 0 Å². The summed E-state index contributed by atoms with van der Waals surface area (Å²) in [7, 11) is -4.61. The number of carbonyl (C=O) groups is 1. The van der Waals surface area contributed by atoms with Gasteiger partial charge in [0.2, 0.25) is 0 Å². The lowest BCUT2D eigenvalue weighted by molar-refractivity contribution is -0.290. The van der Waals surface area contributed by atoms with Crippen molar-refractivity contribution in [3.63, 3.8) is 0 Å². The van der Waals surface area contributed by atoms with Crippen LogP contribution in [-0.4, -0.2) is 30.9 Å². The molecule has 0 fully saturated rings. The molecule has 0 amide bonds. The molecular formula is C15H17F5O4S. The van der Waals surface area contributed by atoms with E-state index in [1.807, 2.05) is 0 Å². The Morgan fingerprint density at radius 2 is 1.68 bits per heavy atom.